The number of carbonyl (C=O) groups excluding carboxylic acids is 2. The Morgan fingerprint density at radius 1 is 1.33 bits per heavy atom. The molecule has 1 fully saturated rings. The molecule has 1 aliphatic rings. The van der Waals surface area contributed by atoms with Crippen molar-refractivity contribution in [2.24, 2.45) is 0 Å². The molecule has 1 atom stereocenters. The molecule has 5 nitrogen and oxygen atoms in total. The Labute approximate surface area is 143 Å². The Kier molecular flexibility index (Phi) is 5.22. The maximum absolute atomic E-state index is 13.2. The topological polar surface area (TPSA) is 61.4 Å². The molecule has 0 bridgehead atoms. The molecule has 0 aliphatic carbocycles. The van der Waals surface area contributed by atoms with Gasteiger partial charge in [-0.25, -0.2) is 4.39 Å². The Balaban J connectivity index is 1.71. The summed E-state index contributed by atoms with van der Waals surface area (Å²) in [7, 11) is 0. The average molecular weight is 347 g/mol. The van der Waals surface area contributed by atoms with Gasteiger partial charge in [-0.2, -0.15) is 0 Å². The van der Waals surface area contributed by atoms with Gasteiger partial charge < -0.3 is 10.6 Å². The zero-order valence-corrected chi connectivity index (χ0v) is 13.8. The third-order valence-electron chi connectivity index (χ3n) is 3.82. The third kappa shape index (κ3) is 4.18. The largest absolute Gasteiger partial charge is 0.354 e. The van der Waals surface area contributed by atoms with E-state index in [4.69, 9.17) is 0 Å². The van der Waals surface area contributed by atoms with Crippen LogP contribution in [0.2, 0.25) is 0 Å². The quantitative estimate of drug-likeness (QED) is 0.862. The number of amides is 2. The number of nitrogens with zero attached hydrogens (tertiary/aromatic N) is 1. The van der Waals surface area contributed by atoms with E-state index < -0.39 is 0 Å². The summed E-state index contributed by atoms with van der Waals surface area (Å²) in [6, 6.07) is 9.65. The molecule has 0 radical (unpaired) electrons. The number of nitrogens with one attached hydrogen (secondary N) is 2. The zero-order chi connectivity index (χ0) is 16.9. The molecule has 3 rings (SSSR count). The molecular weight excluding hydrogens is 329 g/mol. The smallest absolute Gasteiger partial charge is 0.234 e. The summed E-state index contributed by atoms with van der Waals surface area (Å²) in [4.78, 5) is 26.6. The monoisotopic (exact) mass is 347 g/mol. The summed E-state index contributed by atoms with van der Waals surface area (Å²) in [6.07, 6.45) is 0. The van der Waals surface area contributed by atoms with Gasteiger partial charge in [-0.1, -0.05) is 18.2 Å². The van der Waals surface area contributed by atoms with Crippen molar-refractivity contribution >= 4 is 23.2 Å². The van der Waals surface area contributed by atoms with Crippen LogP contribution in [0.1, 0.15) is 16.5 Å². The van der Waals surface area contributed by atoms with Crippen LogP contribution in [-0.2, 0) is 9.59 Å². The number of rotatable bonds is 5. The van der Waals surface area contributed by atoms with Crippen LogP contribution in [0.3, 0.4) is 0 Å². The number of hydrogen-bond donors (Lipinski definition) is 2. The van der Waals surface area contributed by atoms with Gasteiger partial charge in [-0.05, 0) is 29.1 Å². The van der Waals surface area contributed by atoms with Crippen LogP contribution in [0.4, 0.5) is 4.39 Å². The molecule has 7 heteroatoms. The highest BCUT2D eigenvalue weighted by Gasteiger charge is 2.22. The first-order chi connectivity index (χ1) is 11.6. The molecule has 1 aromatic heterocycles. The predicted octanol–water partition coefficient (Wildman–Crippen LogP) is 1.52. The lowest BCUT2D eigenvalue weighted by Crippen LogP contribution is -2.50. The fraction of sp³-hybridized carbons (Fsp3) is 0.294. The van der Waals surface area contributed by atoms with Crippen LogP contribution in [-0.4, -0.2) is 42.9 Å². The van der Waals surface area contributed by atoms with E-state index in [-0.39, 0.29) is 36.8 Å². The van der Waals surface area contributed by atoms with Crippen LogP contribution >= 0.6 is 11.3 Å². The zero-order valence-electron chi connectivity index (χ0n) is 13.0. The Morgan fingerprint density at radius 3 is 2.79 bits per heavy atom. The first kappa shape index (κ1) is 16.6. The molecule has 0 saturated carbocycles. The van der Waals surface area contributed by atoms with Gasteiger partial charge in [-0.3, -0.25) is 14.5 Å². The van der Waals surface area contributed by atoms with Crippen molar-refractivity contribution < 1.29 is 14.0 Å². The van der Waals surface area contributed by atoms with Crippen molar-refractivity contribution in [3.05, 3.63) is 58.0 Å². The highest BCUT2D eigenvalue weighted by molar-refractivity contribution is 7.10. The van der Waals surface area contributed by atoms with E-state index in [9.17, 15) is 14.0 Å². The lowest BCUT2D eigenvalue weighted by Gasteiger charge is -2.27. The van der Waals surface area contributed by atoms with Crippen LogP contribution in [0, 0.1) is 5.82 Å². The number of halogens is 1. The molecule has 24 heavy (non-hydrogen) atoms. The van der Waals surface area contributed by atoms with Gasteiger partial charge in [0.2, 0.25) is 11.8 Å². The van der Waals surface area contributed by atoms with E-state index >= 15 is 0 Å². The van der Waals surface area contributed by atoms with Gasteiger partial charge in [0.25, 0.3) is 0 Å². The molecule has 2 amide bonds. The van der Waals surface area contributed by atoms with E-state index in [1.165, 1.54) is 23.5 Å². The second-order valence-corrected chi connectivity index (χ2v) is 6.61. The molecule has 126 valence electrons. The van der Waals surface area contributed by atoms with E-state index in [1.54, 1.807) is 12.1 Å². The van der Waals surface area contributed by atoms with Crippen LogP contribution in [0.5, 0.6) is 0 Å². The van der Waals surface area contributed by atoms with Crippen molar-refractivity contribution in [1.29, 1.82) is 0 Å². The normalized spacial score (nSPS) is 16.5. The third-order valence-corrected chi connectivity index (χ3v) is 4.76. The second kappa shape index (κ2) is 7.55. The first-order valence-corrected chi connectivity index (χ1v) is 8.57. The van der Waals surface area contributed by atoms with Crippen molar-refractivity contribution in [1.82, 2.24) is 15.5 Å². The predicted molar refractivity (Wildman–Crippen MR) is 90.2 cm³/mol. The van der Waals surface area contributed by atoms with Gasteiger partial charge in [0.1, 0.15) is 5.82 Å². The minimum Gasteiger partial charge on any atom is -0.354 e. The Morgan fingerprint density at radius 2 is 2.12 bits per heavy atom. The number of piperazine rings is 1. The molecule has 0 unspecified atom stereocenters. The van der Waals surface area contributed by atoms with E-state index in [0.29, 0.717) is 13.1 Å². The van der Waals surface area contributed by atoms with Crippen LogP contribution < -0.4 is 10.6 Å². The Bertz CT molecular complexity index is 703. The highest BCUT2D eigenvalue weighted by atomic mass is 32.1. The molecule has 2 N–H and O–H groups in total. The number of benzene rings is 1. The number of carbonyl (C=O) groups is 2. The van der Waals surface area contributed by atoms with Gasteiger partial charge in [0.15, 0.2) is 0 Å². The molecule has 2 aromatic rings. The average Bonchev–Trinajstić information content (AvgIpc) is 3.08. The van der Waals surface area contributed by atoms with E-state index in [0.717, 1.165) is 10.4 Å². The molecule has 2 heterocycles. The molecule has 0 spiro atoms. The van der Waals surface area contributed by atoms with Gasteiger partial charge >= 0.3 is 0 Å². The number of thiophene rings is 1. The van der Waals surface area contributed by atoms with Gasteiger partial charge in [0.05, 0.1) is 19.1 Å². The SMILES string of the molecule is O=C1CN(CC(=O)N[C@@H](c2ccc(F)cc2)c2cccs2)CCN1. The maximum atomic E-state index is 13.2. The first-order valence-electron chi connectivity index (χ1n) is 7.69. The van der Waals surface area contributed by atoms with E-state index in [2.05, 4.69) is 10.6 Å². The lowest BCUT2D eigenvalue weighted by molar-refractivity contribution is -0.127. The van der Waals surface area contributed by atoms with Crippen molar-refractivity contribution in [3.63, 3.8) is 0 Å². The fourth-order valence-corrected chi connectivity index (χ4v) is 3.47. The van der Waals surface area contributed by atoms with Crippen LogP contribution in [0.15, 0.2) is 41.8 Å². The summed E-state index contributed by atoms with van der Waals surface area (Å²) >= 11 is 1.53. The minimum absolute atomic E-state index is 0.0672. The summed E-state index contributed by atoms with van der Waals surface area (Å²) in [5.74, 6) is -0.538. The van der Waals surface area contributed by atoms with Crippen molar-refractivity contribution in [2.45, 2.75) is 6.04 Å². The summed E-state index contributed by atoms with van der Waals surface area (Å²) < 4.78 is 13.2. The minimum atomic E-state index is -0.322. The van der Waals surface area contributed by atoms with Crippen molar-refractivity contribution in [3.8, 4) is 0 Å². The van der Waals surface area contributed by atoms with Crippen molar-refractivity contribution in [2.75, 3.05) is 26.2 Å². The van der Waals surface area contributed by atoms with Crippen LogP contribution in [0.25, 0.3) is 0 Å². The molecule has 1 saturated heterocycles. The van der Waals surface area contributed by atoms with E-state index in [1.807, 2.05) is 22.4 Å². The summed E-state index contributed by atoms with van der Waals surface area (Å²) in [5, 5.41) is 7.66. The Hall–Kier alpha value is -2.25. The standard InChI is InChI=1S/C17H18FN3O2S/c18-13-5-3-12(4-6-13)17(14-2-1-9-24-14)20-16(23)11-21-8-7-19-15(22)10-21/h1-6,9,17H,7-8,10-11H2,(H,19,22)(H,20,23)/t17-/m0/s1. The molecule has 1 aliphatic heterocycles. The molecule has 1 aromatic carbocycles. The van der Waals surface area contributed by atoms with Gasteiger partial charge in [-0.15, -0.1) is 11.3 Å². The molecular formula is C17H18FN3O2S. The number of hydrogen-bond acceptors (Lipinski definition) is 4. The fourth-order valence-electron chi connectivity index (χ4n) is 2.67. The lowest BCUT2D eigenvalue weighted by atomic mass is 10.1. The summed E-state index contributed by atoms with van der Waals surface area (Å²) in [5.41, 5.74) is 0.823. The summed E-state index contributed by atoms with van der Waals surface area (Å²) in [6.45, 7) is 1.60. The maximum Gasteiger partial charge on any atom is 0.234 e. The second-order valence-electron chi connectivity index (χ2n) is 5.63. The van der Waals surface area contributed by atoms with Gasteiger partial charge in [0, 0.05) is 18.0 Å². The highest BCUT2D eigenvalue weighted by Crippen LogP contribution is 2.26.